The van der Waals surface area contributed by atoms with Gasteiger partial charge in [0, 0.05) is 6.42 Å². The molecule has 0 fully saturated rings. The van der Waals surface area contributed by atoms with Crippen molar-refractivity contribution in [2.45, 2.75) is 45.3 Å². The molecule has 0 aromatic heterocycles. The molecule has 0 heterocycles. The molecule has 8 heteroatoms. The second-order valence-electron chi connectivity index (χ2n) is 4.47. The van der Waals surface area contributed by atoms with Crippen LogP contribution in [0.2, 0.25) is 0 Å². The van der Waals surface area contributed by atoms with Crippen LogP contribution in [0.3, 0.4) is 0 Å². The molecule has 0 saturated heterocycles. The molecule has 0 saturated carbocycles. The molecule has 0 aromatic carbocycles. The van der Waals surface area contributed by atoms with Crippen LogP contribution in [0.1, 0.15) is 33.6 Å². The predicted molar refractivity (Wildman–Crippen MR) is 64.1 cm³/mol. The molecule has 1 atom stereocenters. The Hall–Kier alpha value is 0.262. The maximum absolute atomic E-state index is 11.3. The summed E-state index contributed by atoms with van der Waals surface area (Å²) >= 11 is 0. The normalized spacial score (nSPS) is 11.3. The van der Waals surface area contributed by atoms with Gasteiger partial charge >= 0.3 is 86.9 Å². The number of carbonyl (C=O) groups is 3. The summed E-state index contributed by atoms with van der Waals surface area (Å²) in [4.78, 5) is 32.3. The first-order valence-electron chi connectivity index (χ1n) is 5.06. The summed E-state index contributed by atoms with van der Waals surface area (Å²) in [6, 6.07) is -1.26. The number of rotatable bonds is 5. The summed E-state index contributed by atoms with van der Waals surface area (Å²) in [7, 11) is 0. The zero-order valence-electron chi connectivity index (χ0n) is 12.0. The second kappa shape index (κ2) is 11.0. The molecule has 3 N–H and O–H groups in total. The van der Waals surface area contributed by atoms with Crippen LogP contribution in [-0.2, 0) is 14.3 Å². The molecule has 0 unspecified atom stereocenters. The van der Waals surface area contributed by atoms with Gasteiger partial charge in [0.25, 0.3) is 0 Å². The first kappa shape index (κ1) is 24.3. The fourth-order valence-electron chi connectivity index (χ4n) is 0.975. The van der Waals surface area contributed by atoms with Crippen LogP contribution in [-0.4, -0.2) is 39.9 Å². The van der Waals surface area contributed by atoms with Gasteiger partial charge in [-0.15, -0.1) is 0 Å². The number of amides is 1. The van der Waals surface area contributed by atoms with E-state index in [2.05, 4.69) is 5.32 Å². The van der Waals surface area contributed by atoms with Gasteiger partial charge in [0.15, 0.2) is 0 Å². The van der Waals surface area contributed by atoms with E-state index in [1.165, 1.54) is 0 Å². The van der Waals surface area contributed by atoms with Crippen molar-refractivity contribution in [2.24, 2.45) is 0 Å². The molecule has 0 aliphatic rings. The number of alkyl carbamates (subject to hydrolysis) is 1. The molecular weight excluding hydrogens is 375 g/mol. The third kappa shape index (κ3) is 14.5. The van der Waals surface area contributed by atoms with Crippen LogP contribution in [0.4, 0.5) is 4.79 Å². The summed E-state index contributed by atoms with van der Waals surface area (Å²) in [6.45, 7) is 4.92. The maximum atomic E-state index is 11.3. The van der Waals surface area contributed by atoms with Gasteiger partial charge < -0.3 is 27.7 Å². The third-order valence-electron chi connectivity index (χ3n) is 1.64. The quantitative estimate of drug-likeness (QED) is 0.478. The van der Waals surface area contributed by atoms with Crippen molar-refractivity contribution >= 4 is 18.0 Å². The molecule has 0 radical (unpaired) electrons. The van der Waals surface area contributed by atoms with Crippen molar-refractivity contribution in [3.05, 3.63) is 7.43 Å². The van der Waals surface area contributed by atoms with Gasteiger partial charge in [-0.2, -0.15) is 0 Å². The molecular formula is C11H20CsNO6. The van der Waals surface area contributed by atoms with Crippen molar-refractivity contribution in [3.63, 3.8) is 0 Å². The van der Waals surface area contributed by atoms with Gasteiger partial charge in [0.05, 0.1) is 0 Å². The fourth-order valence-corrected chi connectivity index (χ4v) is 0.975. The fraction of sp³-hybridized carbons (Fsp3) is 0.636. The molecule has 19 heavy (non-hydrogen) atoms. The Morgan fingerprint density at radius 2 is 1.68 bits per heavy atom. The summed E-state index contributed by atoms with van der Waals surface area (Å²) in [5, 5.41) is 19.3. The number of carbonyl (C=O) groups excluding carboxylic acids is 1. The minimum absolute atomic E-state index is 0. The molecule has 0 spiro atoms. The van der Waals surface area contributed by atoms with E-state index in [0.29, 0.717) is 0 Å². The van der Waals surface area contributed by atoms with Crippen molar-refractivity contribution in [3.8, 4) is 0 Å². The number of carboxylic acid groups (broad SMARTS) is 2. The van der Waals surface area contributed by atoms with Crippen LogP contribution in [0, 0.1) is 7.43 Å². The van der Waals surface area contributed by atoms with E-state index in [0.717, 1.165) is 0 Å². The largest absolute Gasteiger partial charge is 1.00 e. The average Bonchev–Trinajstić information content (AvgIpc) is 2.08. The summed E-state index contributed by atoms with van der Waals surface area (Å²) in [5.41, 5.74) is -0.736. The Morgan fingerprint density at radius 1 is 1.21 bits per heavy atom. The number of carboxylic acids is 2. The molecule has 0 aliphatic heterocycles. The van der Waals surface area contributed by atoms with Crippen LogP contribution in [0.5, 0.6) is 0 Å². The summed E-state index contributed by atoms with van der Waals surface area (Å²) < 4.78 is 4.86. The van der Waals surface area contributed by atoms with Crippen LogP contribution < -0.4 is 74.2 Å². The predicted octanol–water partition coefficient (Wildman–Crippen LogP) is -1.72. The van der Waals surface area contributed by atoms with Gasteiger partial charge in [-0.25, -0.2) is 9.59 Å². The maximum Gasteiger partial charge on any atom is 1.00 e. The van der Waals surface area contributed by atoms with Crippen molar-refractivity contribution in [1.29, 1.82) is 0 Å². The summed E-state index contributed by atoms with van der Waals surface area (Å²) in [5.74, 6) is -2.42. The van der Waals surface area contributed by atoms with Crippen molar-refractivity contribution < 1.29 is 98.2 Å². The molecule has 1 amide bonds. The SMILES string of the molecule is CC(C)(C)OC(=O)N[C@@H](CCC(=O)O)C(=O)O.[CH3-].[Cs+]. The molecule has 0 aliphatic carbocycles. The molecule has 7 nitrogen and oxygen atoms in total. The van der Waals surface area contributed by atoms with Crippen molar-refractivity contribution in [2.75, 3.05) is 0 Å². The molecule has 0 rings (SSSR count). The van der Waals surface area contributed by atoms with Crippen LogP contribution in [0.15, 0.2) is 0 Å². The number of aliphatic carboxylic acids is 2. The second-order valence-corrected chi connectivity index (χ2v) is 4.47. The number of nitrogens with one attached hydrogen (secondary N) is 1. The molecule has 0 bridgehead atoms. The van der Waals surface area contributed by atoms with E-state index in [-0.39, 0.29) is 89.2 Å². The zero-order chi connectivity index (χ0) is 13.6. The van der Waals surface area contributed by atoms with E-state index in [1.807, 2.05) is 0 Å². The minimum Gasteiger partial charge on any atom is -0.481 e. The Kier molecular flexibility index (Phi) is 14.0. The van der Waals surface area contributed by atoms with Gasteiger partial charge in [-0.05, 0) is 27.2 Å². The van der Waals surface area contributed by atoms with Gasteiger partial charge in [-0.3, -0.25) is 4.79 Å². The van der Waals surface area contributed by atoms with E-state index < -0.39 is 29.7 Å². The number of ether oxygens (including phenoxy) is 1. The van der Waals surface area contributed by atoms with Gasteiger partial charge in [0.1, 0.15) is 11.6 Å². The number of hydrogen-bond acceptors (Lipinski definition) is 4. The third-order valence-corrected chi connectivity index (χ3v) is 1.64. The summed E-state index contributed by atoms with van der Waals surface area (Å²) in [6.07, 6.45) is -1.41. The molecule has 0 aromatic rings. The van der Waals surface area contributed by atoms with E-state index in [9.17, 15) is 14.4 Å². The first-order chi connectivity index (χ1) is 7.61. The van der Waals surface area contributed by atoms with Crippen LogP contribution in [0.25, 0.3) is 0 Å². The Morgan fingerprint density at radius 3 is 2.00 bits per heavy atom. The smallest absolute Gasteiger partial charge is 0.481 e. The van der Waals surface area contributed by atoms with Crippen LogP contribution >= 0.6 is 0 Å². The number of hydrogen-bond donors (Lipinski definition) is 3. The Balaban J connectivity index is -0.00000128. The first-order valence-corrected chi connectivity index (χ1v) is 5.06. The standard InChI is InChI=1S/C10H17NO6.CH3.Cs/c1-10(2,3)17-9(16)11-6(8(14)15)4-5-7(12)13;;/h6H,4-5H2,1-3H3,(H,11,16)(H,12,13)(H,14,15);1H3;/q;-1;+1/t6-;;/m0../s1. The van der Waals surface area contributed by atoms with E-state index in [1.54, 1.807) is 20.8 Å². The Labute approximate surface area is 171 Å². The van der Waals surface area contributed by atoms with E-state index in [4.69, 9.17) is 14.9 Å². The molecule has 106 valence electrons. The van der Waals surface area contributed by atoms with Crippen molar-refractivity contribution in [1.82, 2.24) is 5.32 Å². The van der Waals surface area contributed by atoms with E-state index >= 15 is 0 Å². The topological polar surface area (TPSA) is 113 Å². The van der Waals surface area contributed by atoms with Gasteiger partial charge in [-0.1, -0.05) is 0 Å². The monoisotopic (exact) mass is 395 g/mol. The zero-order valence-corrected chi connectivity index (χ0v) is 18.3. The average molecular weight is 395 g/mol. The minimum atomic E-state index is -1.29. The van der Waals surface area contributed by atoms with Gasteiger partial charge in [0.2, 0.25) is 0 Å². The Bertz CT molecular complexity index is 313.